The van der Waals surface area contributed by atoms with Crippen molar-refractivity contribution in [1.29, 1.82) is 0 Å². The summed E-state index contributed by atoms with van der Waals surface area (Å²) >= 11 is 9.40. The highest BCUT2D eigenvalue weighted by Crippen LogP contribution is 2.20. The van der Waals surface area contributed by atoms with E-state index >= 15 is 0 Å². The number of likely N-dealkylation sites (tertiary alicyclic amines) is 1. The summed E-state index contributed by atoms with van der Waals surface area (Å²) in [6, 6.07) is 4.65. The lowest BCUT2D eigenvalue weighted by molar-refractivity contribution is 0.153. The smallest absolute Gasteiger partial charge is 0.0544 e. The topological polar surface area (TPSA) is 16.1 Å². The first-order chi connectivity index (χ1) is 7.79. The minimum Gasteiger partial charge on any atom is -0.293 e. The molecule has 0 saturated carbocycles. The Hall–Kier alpha value is -0.120. The molecule has 1 aliphatic heterocycles. The first-order valence-electron chi connectivity index (χ1n) is 5.70. The Bertz CT molecular complexity index is 328. The molecule has 1 fully saturated rings. The highest BCUT2D eigenvalue weighted by atomic mass is 79.9. The highest BCUT2D eigenvalue weighted by molar-refractivity contribution is 9.10. The Balaban J connectivity index is 1.99. The van der Waals surface area contributed by atoms with E-state index in [0.717, 1.165) is 29.1 Å². The predicted octanol–water partition coefficient (Wildman–Crippen LogP) is 3.44. The maximum absolute atomic E-state index is 6.00. The van der Waals surface area contributed by atoms with Crippen molar-refractivity contribution in [2.45, 2.75) is 31.8 Å². The van der Waals surface area contributed by atoms with E-state index in [1.165, 1.54) is 19.3 Å². The van der Waals surface area contributed by atoms with Crippen molar-refractivity contribution in [3.8, 4) is 0 Å². The number of rotatable bonds is 3. The Kier molecular flexibility index (Phi) is 4.62. The minimum atomic E-state index is 0.529. The fourth-order valence-electron chi connectivity index (χ4n) is 2.15. The number of nitrogens with zero attached hydrogens (tertiary/aromatic N) is 2. The molecule has 1 aliphatic rings. The summed E-state index contributed by atoms with van der Waals surface area (Å²) < 4.78 is 1.03. The molecule has 0 aliphatic carbocycles. The van der Waals surface area contributed by atoms with Crippen LogP contribution in [0.1, 0.15) is 25.0 Å². The lowest BCUT2D eigenvalue weighted by Gasteiger charge is -2.34. The van der Waals surface area contributed by atoms with E-state index in [0.29, 0.717) is 6.04 Å². The van der Waals surface area contributed by atoms with Crippen LogP contribution in [0.15, 0.2) is 22.8 Å². The van der Waals surface area contributed by atoms with Crippen molar-refractivity contribution in [3.05, 3.63) is 28.5 Å². The Morgan fingerprint density at radius 1 is 1.44 bits per heavy atom. The van der Waals surface area contributed by atoms with Gasteiger partial charge in [0.15, 0.2) is 0 Å². The van der Waals surface area contributed by atoms with E-state index in [4.69, 9.17) is 11.6 Å². The second kappa shape index (κ2) is 5.99. The molecular weight excluding hydrogens is 288 g/mol. The molecule has 88 valence electrons. The van der Waals surface area contributed by atoms with E-state index in [-0.39, 0.29) is 0 Å². The maximum Gasteiger partial charge on any atom is 0.0544 e. The van der Waals surface area contributed by atoms with Crippen LogP contribution in [0.5, 0.6) is 0 Å². The van der Waals surface area contributed by atoms with Crippen molar-refractivity contribution >= 4 is 27.5 Å². The average molecular weight is 304 g/mol. The van der Waals surface area contributed by atoms with Gasteiger partial charge in [0, 0.05) is 29.1 Å². The zero-order valence-corrected chi connectivity index (χ0v) is 11.5. The van der Waals surface area contributed by atoms with Gasteiger partial charge in [-0.2, -0.15) is 0 Å². The van der Waals surface area contributed by atoms with Crippen molar-refractivity contribution in [2.24, 2.45) is 0 Å². The molecule has 2 rings (SSSR count). The van der Waals surface area contributed by atoms with Gasteiger partial charge in [0.1, 0.15) is 0 Å². The maximum atomic E-state index is 6.00. The monoisotopic (exact) mass is 302 g/mol. The molecule has 1 aromatic rings. The van der Waals surface area contributed by atoms with Gasteiger partial charge in [0.2, 0.25) is 0 Å². The minimum absolute atomic E-state index is 0.529. The summed E-state index contributed by atoms with van der Waals surface area (Å²) in [6.45, 7) is 2.07. The highest BCUT2D eigenvalue weighted by Gasteiger charge is 2.21. The lowest BCUT2D eigenvalue weighted by Crippen LogP contribution is -2.40. The zero-order chi connectivity index (χ0) is 11.4. The molecule has 0 aromatic carbocycles. The number of aromatic nitrogens is 1. The SMILES string of the molecule is ClCC1CCCCN1Cc1ccc(Br)cn1. The second-order valence-corrected chi connectivity index (χ2v) is 5.47. The Morgan fingerprint density at radius 2 is 2.31 bits per heavy atom. The van der Waals surface area contributed by atoms with Gasteiger partial charge >= 0.3 is 0 Å². The van der Waals surface area contributed by atoms with Crippen LogP contribution >= 0.6 is 27.5 Å². The van der Waals surface area contributed by atoms with Crippen molar-refractivity contribution in [3.63, 3.8) is 0 Å². The summed E-state index contributed by atoms with van der Waals surface area (Å²) in [6.07, 6.45) is 5.67. The number of halogens is 2. The molecule has 0 spiro atoms. The molecular formula is C12H16BrClN2. The van der Waals surface area contributed by atoms with Gasteiger partial charge in [-0.25, -0.2) is 0 Å². The van der Waals surface area contributed by atoms with Crippen LogP contribution in [-0.4, -0.2) is 28.4 Å². The van der Waals surface area contributed by atoms with Gasteiger partial charge in [0.05, 0.1) is 5.69 Å². The number of alkyl halides is 1. The quantitative estimate of drug-likeness (QED) is 0.795. The predicted molar refractivity (Wildman–Crippen MR) is 70.7 cm³/mol. The summed E-state index contributed by atoms with van der Waals surface area (Å²) in [7, 11) is 0. The standard InChI is InChI=1S/C12H16BrClN2/c13-10-4-5-11(15-8-10)9-16-6-2-1-3-12(16)7-14/h4-5,8,12H,1-3,6-7,9H2. The lowest BCUT2D eigenvalue weighted by atomic mass is 10.0. The van der Waals surface area contributed by atoms with Crippen LogP contribution in [0, 0.1) is 0 Å². The molecule has 1 saturated heterocycles. The summed E-state index contributed by atoms with van der Waals surface area (Å²) in [5.41, 5.74) is 1.13. The molecule has 0 bridgehead atoms. The van der Waals surface area contributed by atoms with Crippen molar-refractivity contribution in [2.75, 3.05) is 12.4 Å². The van der Waals surface area contributed by atoms with E-state index in [1.54, 1.807) is 0 Å². The van der Waals surface area contributed by atoms with E-state index in [1.807, 2.05) is 12.3 Å². The number of piperidine rings is 1. The van der Waals surface area contributed by atoms with Crippen LogP contribution < -0.4 is 0 Å². The molecule has 2 heterocycles. The fourth-order valence-corrected chi connectivity index (χ4v) is 2.73. The normalized spacial score (nSPS) is 22.2. The third kappa shape index (κ3) is 3.19. The molecule has 0 amide bonds. The third-order valence-electron chi connectivity index (χ3n) is 3.08. The van der Waals surface area contributed by atoms with E-state index in [9.17, 15) is 0 Å². The second-order valence-electron chi connectivity index (χ2n) is 4.24. The van der Waals surface area contributed by atoms with Crippen LogP contribution in [0.4, 0.5) is 0 Å². The molecule has 0 radical (unpaired) electrons. The first-order valence-corrected chi connectivity index (χ1v) is 7.03. The number of hydrogen-bond donors (Lipinski definition) is 0. The molecule has 16 heavy (non-hydrogen) atoms. The van der Waals surface area contributed by atoms with Crippen LogP contribution in [-0.2, 0) is 6.54 Å². The van der Waals surface area contributed by atoms with Crippen LogP contribution in [0.2, 0.25) is 0 Å². The van der Waals surface area contributed by atoms with E-state index < -0.39 is 0 Å². The largest absolute Gasteiger partial charge is 0.293 e. The Morgan fingerprint density at radius 3 is 3.00 bits per heavy atom. The Labute approximate surface area is 110 Å². The van der Waals surface area contributed by atoms with Crippen LogP contribution in [0.25, 0.3) is 0 Å². The molecule has 1 unspecified atom stereocenters. The van der Waals surface area contributed by atoms with Gasteiger partial charge in [-0.15, -0.1) is 11.6 Å². The van der Waals surface area contributed by atoms with Gasteiger partial charge in [-0.3, -0.25) is 9.88 Å². The number of hydrogen-bond acceptors (Lipinski definition) is 2. The third-order valence-corrected chi connectivity index (χ3v) is 3.91. The van der Waals surface area contributed by atoms with Gasteiger partial charge in [-0.1, -0.05) is 6.42 Å². The zero-order valence-electron chi connectivity index (χ0n) is 9.20. The van der Waals surface area contributed by atoms with Crippen molar-refractivity contribution < 1.29 is 0 Å². The summed E-state index contributed by atoms with van der Waals surface area (Å²) in [5.74, 6) is 0.733. The number of pyridine rings is 1. The average Bonchev–Trinajstić information content (AvgIpc) is 2.33. The molecule has 0 N–H and O–H groups in total. The fraction of sp³-hybridized carbons (Fsp3) is 0.583. The van der Waals surface area contributed by atoms with Crippen molar-refractivity contribution in [1.82, 2.24) is 9.88 Å². The summed E-state index contributed by atoms with van der Waals surface area (Å²) in [5, 5.41) is 0. The summed E-state index contributed by atoms with van der Waals surface area (Å²) in [4.78, 5) is 6.86. The molecule has 1 atom stereocenters. The van der Waals surface area contributed by atoms with Gasteiger partial charge in [-0.05, 0) is 47.4 Å². The van der Waals surface area contributed by atoms with Gasteiger partial charge in [0.25, 0.3) is 0 Å². The van der Waals surface area contributed by atoms with Crippen LogP contribution in [0.3, 0.4) is 0 Å². The molecule has 2 nitrogen and oxygen atoms in total. The van der Waals surface area contributed by atoms with Gasteiger partial charge < -0.3 is 0 Å². The molecule has 1 aromatic heterocycles. The first kappa shape index (κ1) is 12.3. The van der Waals surface area contributed by atoms with E-state index in [2.05, 4.69) is 31.9 Å². The molecule has 4 heteroatoms.